The van der Waals surface area contributed by atoms with E-state index in [1.165, 1.54) is 18.2 Å². The van der Waals surface area contributed by atoms with Gasteiger partial charge in [-0.2, -0.15) is 0 Å². The van der Waals surface area contributed by atoms with Crippen LogP contribution in [-0.4, -0.2) is 4.98 Å². The number of hydrogen-bond acceptors (Lipinski definition) is 1. The van der Waals surface area contributed by atoms with Crippen LogP contribution in [0.25, 0.3) is 0 Å². The van der Waals surface area contributed by atoms with Crippen molar-refractivity contribution in [2.75, 3.05) is 0 Å². The highest BCUT2D eigenvalue weighted by Gasteiger charge is 2.06. The fourth-order valence-corrected chi connectivity index (χ4v) is 1.77. The van der Waals surface area contributed by atoms with E-state index in [9.17, 15) is 8.78 Å². The Kier molecular flexibility index (Phi) is 14.2. The van der Waals surface area contributed by atoms with Gasteiger partial charge in [-0.05, 0) is 42.5 Å². The molecule has 1 nitrogen and oxygen atoms in total. The highest BCUT2D eigenvalue weighted by molar-refractivity contribution is 5.28. The van der Waals surface area contributed by atoms with E-state index < -0.39 is 0 Å². The summed E-state index contributed by atoms with van der Waals surface area (Å²) in [5, 5.41) is 0. The fourth-order valence-electron chi connectivity index (χ4n) is 1.77. The Morgan fingerprint density at radius 3 is 2.09 bits per heavy atom. The van der Waals surface area contributed by atoms with Gasteiger partial charge in [0.15, 0.2) is 0 Å². The number of allylic oxidation sites excluding steroid dienone is 5. The van der Waals surface area contributed by atoms with E-state index in [0.717, 1.165) is 5.57 Å². The second kappa shape index (κ2) is 13.9. The maximum Gasteiger partial charge on any atom is 0.144 e. The third-order valence-corrected chi connectivity index (χ3v) is 2.81. The summed E-state index contributed by atoms with van der Waals surface area (Å²) in [4.78, 5) is 3.90. The lowest BCUT2D eigenvalue weighted by atomic mass is 10.0. The van der Waals surface area contributed by atoms with Gasteiger partial charge in [0.05, 0.1) is 5.69 Å². The van der Waals surface area contributed by atoms with Crippen LogP contribution in [0.3, 0.4) is 0 Å². The summed E-state index contributed by atoms with van der Waals surface area (Å²) in [5.74, 6) is 0.00685. The molecule has 1 heterocycles. The Morgan fingerprint density at radius 2 is 1.78 bits per heavy atom. The fraction of sp³-hybridized carbons (Fsp3) is 0.450. The van der Waals surface area contributed by atoms with E-state index in [1.807, 2.05) is 48.5 Å². The Labute approximate surface area is 140 Å². The van der Waals surface area contributed by atoms with Crippen LogP contribution in [0.4, 0.5) is 8.78 Å². The van der Waals surface area contributed by atoms with E-state index in [-0.39, 0.29) is 23.5 Å². The topological polar surface area (TPSA) is 12.9 Å². The van der Waals surface area contributed by atoms with Crippen LogP contribution in [0.5, 0.6) is 0 Å². The van der Waals surface area contributed by atoms with Crippen molar-refractivity contribution in [3.8, 4) is 0 Å². The zero-order valence-electron chi connectivity index (χ0n) is 15.5. The molecule has 1 rings (SSSR count). The molecule has 3 heteroatoms. The molecule has 1 aromatic heterocycles. The largest absolute Gasteiger partial charge is 0.258 e. The van der Waals surface area contributed by atoms with Crippen LogP contribution in [0.15, 0.2) is 54.5 Å². The minimum atomic E-state index is -0.211. The predicted octanol–water partition coefficient (Wildman–Crippen LogP) is 7.00. The summed E-state index contributed by atoms with van der Waals surface area (Å²) in [6.07, 6.45) is 6.24. The summed E-state index contributed by atoms with van der Waals surface area (Å²) < 4.78 is 25.8. The van der Waals surface area contributed by atoms with Gasteiger partial charge in [-0.25, -0.2) is 8.78 Å². The van der Waals surface area contributed by atoms with Crippen molar-refractivity contribution in [2.45, 2.75) is 54.4 Å². The average molecular weight is 323 g/mol. The first-order valence-electron chi connectivity index (χ1n) is 8.10. The highest BCUT2D eigenvalue weighted by atomic mass is 19.1. The molecule has 0 amide bonds. The van der Waals surface area contributed by atoms with Crippen molar-refractivity contribution in [1.82, 2.24) is 4.98 Å². The Balaban J connectivity index is 0. The molecule has 0 saturated heterocycles. The molecular formula is C20H31F2N. The van der Waals surface area contributed by atoms with Crippen molar-refractivity contribution in [1.29, 1.82) is 0 Å². The zero-order valence-corrected chi connectivity index (χ0v) is 15.5. The second-order valence-electron chi connectivity index (χ2n) is 5.17. The van der Waals surface area contributed by atoms with Gasteiger partial charge in [0, 0.05) is 6.20 Å². The molecule has 0 aliphatic rings. The van der Waals surface area contributed by atoms with E-state index in [2.05, 4.69) is 11.6 Å². The van der Waals surface area contributed by atoms with Gasteiger partial charge < -0.3 is 0 Å². The molecule has 0 atom stereocenters. The van der Waals surface area contributed by atoms with E-state index in [1.54, 1.807) is 18.3 Å². The molecule has 0 radical (unpaired) electrons. The number of rotatable bonds is 4. The standard InChI is InChI=1S/C10H15F.C8H10FN.C2H6/c1-5-7-10(11)9(6-2)8(3)4;1-6(2)8-7(9)4-3-5-10-8;1-2/h5-8H,1H2,2-4H3;3-6H,1-2H3;1-2H3/b9-6-,10-7+;;. The molecule has 0 fully saturated rings. The zero-order chi connectivity index (χ0) is 18.4. The molecule has 0 aliphatic heterocycles. The molecule has 1 aromatic rings. The first-order valence-corrected chi connectivity index (χ1v) is 8.10. The van der Waals surface area contributed by atoms with Crippen LogP contribution in [0.1, 0.15) is 60.1 Å². The number of pyridine rings is 1. The van der Waals surface area contributed by atoms with Gasteiger partial charge in [0.2, 0.25) is 0 Å². The molecule has 0 N–H and O–H groups in total. The lowest BCUT2D eigenvalue weighted by Crippen LogP contribution is -1.95. The van der Waals surface area contributed by atoms with Gasteiger partial charge in [0.25, 0.3) is 0 Å². The Bertz CT molecular complexity index is 500. The van der Waals surface area contributed by atoms with Crippen molar-refractivity contribution in [3.63, 3.8) is 0 Å². The first-order chi connectivity index (χ1) is 10.8. The minimum Gasteiger partial charge on any atom is -0.258 e. The summed E-state index contributed by atoms with van der Waals surface area (Å²) >= 11 is 0. The monoisotopic (exact) mass is 323 g/mol. The molecule has 0 saturated carbocycles. The van der Waals surface area contributed by atoms with Gasteiger partial charge in [-0.3, -0.25) is 4.98 Å². The molecule has 0 bridgehead atoms. The average Bonchev–Trinajstić information content (AvgIpc) is 2.50. The van der Waals surface area contributed by atoms with E-state index >= 15 is 0 Å². The number of nitrogens with zero attached hydrogens (tertiary/aromatic N) is 1. The number of hydrogen-bond donors (Lipinski definition) is 0. The van der Waals surface area contributed by atoms with Crippen molar-refractivity contribution in [2.24, 2.45) is 5.92 Å². The van der Waals surface area contributed by atoms with Gasteiger partial charge in [-0.1, -0.05) is 60.3 Å². The third kappa shape index (κ3) is 9.77. The second-order valence-corrected chi connectivity index (χ2v) is 5.17. The maximum atomic E-state index is 13.0. The minimum absolute atomic E-state index is 0.168. The van der Waals surface area contributed by atoms with E-state index in [0.29, 0.717) is 5.69 Å². The maximum absolute atomic E-state index is 13.0. The van der Waals surface area contributed by atoms with Crippen molar-refractivity contribution < 1.29 is 8.78 Å². The molecule has 0 aliphatic carbocycles. The molecule has 130 valence electrons. The molecule has 0 aromatic carbocycles. The number of halogens is 2. The predicted molar refractivity (Wildman–Crippen MR) is 97.6 cm³/mol. The quantitative estimate of drug-likeness (QED) is 0.544. The summed E-state index contributed by atoms with van der Waals surface area (Å²) in [6, 6.07) is 3.03. The van der Waals surface area contributed by atoms with Crippen LogP contribution >= 0.6 is 0 Å². The smallest absolute Gasteiger partial charge is 0.144 e. The van der Waals surface area contributed by atoms with Crippen LogP contribution in [-0.2, 0) is 0 Å². The van der Waals surface area contributed by atoms with E-state index in [4.69, 9.17) is 0 Å². The highest BCUT2D eigenvalue weighted by Crippen LogP contribution is 2.20. The summed E-state index contributed by atoms with van der Waals surface area (Å²) in [7, 11) is 0. The van der Waals surface area contributed by atoms with Crippen LogP contribution < -0.4 is 0 Å². The van der Waals surface area contributed by atoms with Crippen LogP contribution in [0.2, 0.25) is 0 Å². The van der Waals surface area contributed by atoms with Crippen LogP contribution in [0, 0.1) is 11.7 Å². The number of aromatic nitrogens is 1. The molecule has 0 spiro atoms. The summed E-state index contributed by atoms with van der Waals surface area (Å²) in [6.45, 7) is 17.0. The van der Waals surface area contributed by atoms with Gasteiger partial charge in [0.1, 0.15) is 11.6 Å². The molecular weight excluding hydrogens is 292 g/mol. The molecule has 0 unspecified atom stereocenters. The Morgan fingerprint density at radius 1 is 1.22 bits per heavy atom. The van der Waals surface area contributed by atoms with Gasteiger partial charge >= 0.3 is 0 Å². The lowest BCUT2D eigenvalue weighted by molar-refractivity contribution is 0.584. The normalized spacial score (nSPS) is 11.4. The SMILES string of the molecule is C=C/C=C(F)\C(=C/C)C(C)C.CC.CC(C)c1ncccc1F. The van der Waals surface area contributed by atoms with Crippen molar-refractivity contribution in [3.05, 3.63) is 66.0 Å². The van der Waals surface area contributed by atoms with Crippen molar-refractivity contribution >= 4 is 0 Å². The summed E-state index contributed by atoms with van der Waals surface area (Å²) in [5.41, 5.74) is 1.28. The Hall–Kier alpha value is -1.77. The molecule has 23 heavy (non-hydrogen) atoms. The van der Waals surface area contributed by atoms with Gasteiger partial charge in [-0.15, -0.1) is 0 Å². The third-order valence-electron chi connectivity index (χ3n) is 2.81. The first kappa shape index (κ1) is 23.5. The lowest BCUT2D eigenvalue weighted by Gasteiger charge is -2.06.